The van der Waals surface area contributed by atoms with Crippen LogP contribution in [0.3, 0.4) is 0 Å². The van der Waals surface area contributed by atoms with Crippen molar-refractivity contribution in [1.29, 1.82) is 0 Å². The molecule has 7 heteroatoms. The number of carbonyl (C=O) groups is 2. The number of hydrogen-bond acceptors (Lipinski definition) is 4. The second-order valence-electron chi connectivity index (χ2n) is 8.24. The number of ether oxygens (including phenoxy) is 1. The molecule has 3 atom stereocenters. The first-order chi connectivity index (χ1) is 13.5. The molecule has 4 rings (SSSR count). The lowest BCUT2D eigenvalue weighted by molar-refractivity contribution is 0.0419. The van der Waals surface area contributed by atoms with E-state index in [-0.39, 0.29) is 24.0 Å². The molecule has 0 spiro atoms. The van der Waals surface area contributed by atoms with E-state index in [4.69, 9.17) is 4.74 Å². The van der Waals surface area contributed by atoms with E-state index in [0.29, 0.717) is 17.4 Å². The van der Waals surface area contributed by atoms with E-state index in [1.165, 1.54) is 0 Å². The molecule has 3 heterocycles. The number of nitrogens with one attached hydrogen (secondary N) is 1. The number of amides is 2. The van der Waals surface area contributed by atoms with Gasteiger partial charge in [0.05, 0.1) is 7.11 Å². The van der Waals surface area contributed by atoms with Gasteiger partial charge in [-0.05, 0) is 63.3 Å². The summed E-state index contributed by atoms with van der Waals surface area (Å²) < 4.78 is 5.21. The second-order valence-corrected chi connectivity index (χ2v) is 8.24. The van der Waals surface area contributed by atoms with Gasteiger partial charge in [-0.25, -0.2) is 4.79 Å². The molecular formula is C21H29N3O4. The molecule has 2 amide bonds. The molecule has 0 aliphatic carbocycles. The van der Waals surface area contributed by atoms with Crippen LogP contribution in [0.4, 0.5) is 4.79 Å². The van der Waals surface area contributed by atoms with Gasteiger partial charge in [0.15, 0.2) is 0 Å². The predicted octanol–water partition coefficient (Wildman–Crippen LogP) is 2.56. The first kappa shape index (κ1) is 19.1. The van der Waals surface area contributed by atoms with Crippen LogP contribution < -0.4 is 10.1 Å². The molecule has 2 unspecified atom stereocenters. The zero-order valence-corrected chi connectivity index (χ0v) is 16.3. The Hall–Kier alpha value is -2.28. The second kappa shape index (κ2) is 7.99. The Kier molecular flexibility index (Phi) is 5.44. The van der Waals surface area contributed by atoms with Crippen molar-refractivity contribution in [1.82, 2.24) is 15.1 Å². The largest absolute Gasteiger partial charge is 0.497 e. The maximum atomic E-state index is 12.6. The van der Waals surface area contributed by atoms with Crippen molar-refractivity contribution >= 4 is 12.0 Å². The van der Waals surface area contributed by atoms with Crippen LogP contribution in [0.25, 0.3) is 0 Å². The third-order valence-electron chi connectivity index (χ3n) is 6.57. The van der Waals surface area contributed by atoms with Gasteiger partial charge in [-0.2, -0.15) is 0 Å². The summed E-state index contributed by atoms with van der Waals surface area (Å²) in [6, 6.07) is 8.09. The molecule has 0 saturated carbocycles. The number of nitrogens with zero attached hydrogens (tertiary/aromatic N) is 2. The van der Waals surface area contributed by atoms with E-state index in [1.807, 2.05) is 12.1 Å². The lowest BCUT2D eigenvalue weighted by Crippen LogP contribution is -2.56. The van der Waals surface area contributed by atoms with E-state index < -0.39 is 6.09 Å². The van der Waals surface area contributed by atoms with E-state index >= 15 is 0 Å². The highest BCUT2D eigenvalue weighted by atomic mass is 16.5. The number of likely N-dealkylation sites (tertiary alicyclic amines) is 1. The lowest BCUT2D eigenvalue weighted by atomic mass is 9.93. The first-order valence-corrected chi connectivity index (χ1v) is 10.3. The molecule has 1 aromatic carbocycles. The molecule has 28 heavy (non-hydrogen) atoms. The van der Waals surface area contributed by atoms with Crippen LogP contribution >= 0.6 is 0 Å². The molecule has 3 aliphatic rings. The van der Waals surface area contributed by atoms with Gasteiger partial charge in [0.2, 0.25) is 0 Å². The fraction of sp³-hybridized carbons (Fsp3) is 0.619. The Balaban J connectivity index is 1.36. The van der Waals surface area contributed by atoms with E-state index in [9.17, 15) is 14.7 Å². The quantitative estimate of drug-likeness (QED) is 0.830. The standard InChI is InChI=1S/C21H29N3O4/c1-28-19-6-2-4-14(10-19)20(25)22-15-5-3-9-23(13-15)18-11-16-7-8-17(12-18)24(16)21(26)27/h2,4,6,10,15-18H,3,5,7-9,11-13H2,1H3,(H,22,25)(H,26,27)/t15-,16?,17?,18?/m1/s1. The van der Waals surface area contributed by atoms with Gasteiger partial charge in [0.1, 0.15) is 5.75 Å². The highest BCUT2D eigenvalue weighted by Crippen LogP contribution is 2.38. The molecule has 3 saturated heterocycles. The third-order valence-corrected chi connectivity index (χ3v) is 6.57. The summed E-state index contributed by atoms with van der Waals surface area (Å²) in [6.07, 6.45) is 5.06. The van der Waals surface area contributed by atoms with Crippen molar-refractivity contribution in [3.05, 3.63) is 29.8 Å². The number of benzene rings is 1. The van der Waals surface area contributed by atoms with Crippen molar-refractivity contribution in [3.8, 4) is 5.75 Å². The summed E-state index contributed by atoms with van der Waals surface area (Å²) in [7, 11) is 1.60. The Labute approximate surface area is 165 Å². The number of carbonyl (C=O) groups excluding carboxylic acids is 1. The minimum absolute atomic E-state index is 0.0634. The van der Waals surface area contributed by atoms with Crippen LogP contribution in [0.2, 0.25) is 0 Å². The maximum absolute atomic E-state index is 12.6. The van der Waals surface area contributed by atoms with E-state index in [2.05, 4.69) is 10.2 Å². The predicted molar refractivity (Wildman–Crippen MR) is 105 cm³/mol. The van der Waals surface area contributed by atoms with Crippen molar-refractivity contribution < 1.29 is 19.4 Å². The highest BCUT2D eigenvalue weighted by molar-refractivity contribution is 5.94. The topological polar surface area (TPSA) is 82.1 Å². The zero-order valence-electron chi connectivity index (χ0n) is 16.3. The van der Waals surface area contributed by atoms with Crippen molar-refractivity contribution in [2.75, 3.05) is 20.2 Å². The molecule has 152 valence electrons. The minimum Gasteiger partial charge on any atom is -0.497 e. The van der Waals surface area contributed by atoms with Gasteiger partial charge in [-0.1, -0.05) is 6.07 Å². The molecule has 0 radical (unpaired) electrons. The summed E-state index contributed by atoms with van der Waals surface area (Å²) in [5, 5.41) is 12.6. The fourth-order valence-corrected chi connectivity index (χ4v) is 5.25. The SMILES string of the molecule is COc1cccc(C(=O)N[C@@H]2CCCN(C3CC4CCC(C3)N4C(=O)O)C2)c1. The number of rotatable bonds is 4. The average molecular weight is 387 g/mol. The number of methoxy groups -OCH3 is 1. The van der Waals surface area contributed by atoms with Gasteiger partial charge < -0.3 is 20.1 Å². The molecule has 3 aliphatic heterocycles. The Morgan fingerprint density at radius 1 is 1.14 bits per heavy atom. The van der Waals surface area contributed by atoms with Gasteiger partial charge >= 0.3 is 6.09 Å². The third kappa shape index (κ3) is 3.81. The summed E-state index contributed by atoms with van der Waals surface area (Å²) in [5.74, 6) is 0.616. The van der Waals surface area contributed by atoms with Crippen LogP contribution in [0.5, 0.6) is 5.75 Å². The van der Waals surface area contributed by atoms with Crippen LogP contribution in [0.1, 0.15) is 48.9 Å². The lowest BCUT2D eigenvalue weighted by Gasteiger charge is -2.45. The summed E-state index contributed by atoms with van der Waals surface area (Å²) in [5.41, 5.74) is 0.615. The van der Waals surface area contributed by atoms with Crippen molar-refractivity contribution in [3.63, 3.8) is 0 Å². The normalized spacial score (nSPS) is 30.1. The number of piperidine rings is 2. The Morgan fingerprint density at radius 2 is 1.89 bits per heavy atom. The van der Waals surface area contributed by atoms with E-state index in [0.717, 1.165) is 51.6 Å². The minimum atomic E-state index is -0.770. The molecule has 2 N–H and O–H groups in total. The Morgan fingerprint density at radius 3 is 2.57 bits per heavy atom. The fourth-order valence-electron chi connectivity index (χ4n) is 5.25. The summed E-state index contributed by atoms with van der Waals surface area (Å²) in [4.78, 5) is 28.3. The molecule has 0 aromatic heterocycles. The number of fused-ring (bicyclic) bond motifs is 2. The number of hydrogen-bond donors (Lipinski definition) is 2. The first-order valence-electron chi connectivity index (χ1n) is 10.3. The van der Waals surface area contributed by atoms with Crippen molar-refractivity contribution in [2.45, 2.75) is 62.7 Å². The maximum Gasteiger partial charge on any atom is 0.407 e. The smallest absolute Gasteiger partial charge is 0.407 e. The van der Waals surface area contributed by atoms with Crippen molar-refractivity contribution in [2.24, 2.45) is 0 Å². The average Bonchev–Trinajstić information content (AvgIpc) is 2.98. The van der Waals surface area contributed by atoms with Crippen LogP contribution in [-0.4, -0.2) is 71.3 Å². The van der Waals surface area contributed by atoms with Gasteiger partial charge in [0, 0.05) is 36.3 Å². The molecule has 7 nitrogen and oxygen atoms in total. The summed E-state index contributed by atoms with van der Waals surface area (Å²) >= 11 is 0. The Bertz CT molecular complexity index is 726. The van der Waals surface area contributed by atoms with Gasteiger partial charge in [-0.3, -0.25) is 9.69 Å². The molecule has 1 aromatic rings. The highest BCUT2D eigenvalue weighted by Gasteiger charge is 2.45. The monoisotopic (exact) mass is 387 g/mol. The number of carboxylic acid groups (broad SMARTS) is 1. The molecular weight excluding hydrogens is 358 g/mol. The van der Waals surface area contributed by atoms with Crippen LogP contribution in [0, 0.1) is 0 Å². The summed E-state index contributed by atoms with van der Waals surface area (Å²) in [6.45, 7) is 1.87. The van der Waals surface area contributed by atoms with Crippen LogP contribution in [-0.2, 0) is 0 Å². The van der Waals surface area contributed by atoms with Gasteiger partial charge in [-0.15, -0.1) is 0 Å². The molecule has 3 fully saturated rings. The zero-order chi connectivity index (χ0) is 19.7. The van der Waals surface area contributed by atoms with E-state index in [1.54, 1.807) is 24.1 Å². The van der Waals surface area contributed by atoms with Gasteiger partial charge in [0.25, 0.3) is 5.91 Å². The molecule has 2 bridgehead atoms. The van der Waals surface area contributed by atoms with Crippen LogP contribution in [0.15, 0.2) is 24.3 Å².